The van der Waals surface area contributed by atoms with Crippen LogP contribution in [0.3, 0.4) is 0 Å². The molecular weight excluding hydrogens is 433 g/mol. The molecule has 1 aromatic heterocycles. The third-order valence-corrected chi connectivity index (χ3v) is 6.03. The Hall–Kier alpha value is -2.81. The van der Waals surface area contributed by atoms with E-state index in [0.29, 0.717) is 33.3 Å². The first-order valence-corrected chi connectivity index (χ1v) is 11.0. The van der Waals surface area contributed by atoms with E-state index < -0.39 is 5.60 Å². The average Bonchev–Trinajstić information content (AvgIpc) is 3.29. The van der Waals surface area contributed by atoms with Crippen LogP contribution in [0, 0.1) is 12.7 Å². The first kappa shape index (κ1) is 23.8. The van der Waals surface area contributed by atoms with Gasteiger partial charge in [0.05, 0.1) is 19.4 Å². The van der Waals surface area contributed by atoms with E-state index in [4.69, 9.17) is 14.6 Å². The van der Waals surface area contributed by atoms with E-state index in [1.807, 2.05) is 0 Å². The number of aliphatic hydroxyl groups excluding tert-OH is 1. The number of thiazole rings is 1. The Bertz CT molecular complexity index is 1100. The molecular formula is C24H26FNO5S. The number of halogens is 1. The van der Waals surface area contributed by atoms with Crippen LogP contribution < -0.4 is 9.47 Å². The number of aromatic nitrogens is 1. The summed E-state index contributed by atoms with van der Waals surface area (Å²) in [7, 11) is 1.47. The molecule has 170 valence electrons. The summed E-state index contributed by atoms with van der Waals surface area (Å²) in [5.41, 5.74) is 0.920. The molecule has 0 amide bonds. The highest BCUT2D eigenvalue weighted by Gasteiger charge is 2.28. The SMILES string of the molecule is COc1cc(C(=O)CCC(C)(O)c2csc(-c3ccc(F)c(C)c3)n2)ccc1OCCO. The van der Waals surface area contributed by atoms with Gasteiger partial charge in [-0.25, -0.2) is 9.37 Å². The lowest BCUT2D eigenvalue weighted by Crippen LogP contribution is -2.23. The van der Waals surface area contributed by atoms with E-state index in [1.165, 1.54) is 24.5 Å². The van der Waals surface area contributed by atoms with Crippen LogP contribution in [0.4, 0.5) is 4.39 Å². The second-order valence-corrected chi connectivity index (χ2v) is 8.49. The highest BCUT2D eigenvalue weighted by molar-refractivity contribution is 7.13. The fourth-order valence-corrected chi connectivity index (χ4v) is 4.12. The van der Waals surface area contributed by atoms with Gasteiger partial charge in [0, 0.05) is 22.9 Å². The smallest absolute Gasteiger partial charge is 0.163 e. The minimum atomic E-state index is -1.30. The van der Waals surface area contributed by atoms with Crippen molar-refractivity contribution in [2.45, 2.75) is 32.3 Å². The summed E-state index contributed by atoms with van der Waals surface area (Å²) < 4.78 is 24.2. The first-order chi connectivity index (χ1) is 15.2. The molecule has 0 aliphatic carbocycles. The molecule has 32 heavy (non-hydrogen) atoms. The quantitative estimate of drug-likeness (QED) is 0.434. The monoisotopic (exact) mass is 459 g/mol. The van der Waals surface area contributed by atoms with Gasteiger partial charge in [-0.15, -0.1) is 11.3 Å². The Balaban J connectivity index is 1.69. The molecule has 0 radical (unpaired) electrons. The Morgan fingerprint density at radius 3 is 2.69 bits per heavy atom. The number of aliphatic hydroxyl groups is 2. The van der Waals surface area contributed by atoms with Gasteiger partial charge in [0.1, 0.15) is 23.0 Å². The maximum Gasteiger partial charge on any atom is 0.163 e. The number of rotatable bonds is 10. The number of nitrogens with zero attached hydrogens (tertiary/aromatic N) is 1. The predicted octanol–water partition coefficient (Wildman–Crippen LogP) is 4.51. The first-order valence-electron chi connectivity index (χ1n) is 10.1. The summed E-state index contributed by atoms with van der Waals surface area (Å²) in [6, 6.07) is 9.61. The summed E-state index contributed by atoms with van der Waals surface area (Å²) in [5, 5.41) is 22.3. The average molecular weight is 460 g/mol. The van der Waals surface area contributed by atoms with E-state index in [-0.39, 0.29) is 37.7 Å². The normalized spacial score (nSPS) is 12.9. The van der Waals surface area contributed by atoms with Crippen LogP contribution in [-0.2, 0) is 5.60 Å². The van der Waals surface area contributed by atoms with Gasteiger partial charge in [0.2, 0.25) is 0 Å². The van der Waals surface area contributed by atoms with Crippen molar-refractivity contribution >= 4 is 17.1 Å². The molecule has 8 heteroatoms. The summed E-state index contributed by atoms with van der Waals surface area (Å²) in [4.78, 5) is 17.2. The lowest BCUT2D eigenvalue weighted by molar-refractivity contribution is 0.0403. The minimum Gasteiger partial charge on any atom is -0.493 e. The van der Waals surface area contributed by atoms with E-state index in [9.17, 15) is 14.3 Å². The van der Waals surface area contributed by atoms with Crippen LogP contribution in [0.5, 0.6) is 11.5 Å². The Morgan fingerprint density at radius 2 is 2.00 bits per heavy atom. The Morgan fingerprint density at radius 1 is 1.22 bits per heavy atom. The van der Waals surface area contributed by atoms with Crippen molar-refractivity contribution in [1.29, 1.82) is 0 Å². The van der Waals surface area contributed by atoms with Crippen molar-refractivity contribution in [2.75, 3.05) is 20.3 Å². The largest absolute Gasteiger partial charge is 0.493 e. The number of hydrogen-bond donors (Lipinski definition) is 2. The van der Waals surface area contributed by atoms with Crippen molar-refractivity contribution in [3.8, 4) is 22.1 Å². The molecule has 3 rings (SSSR count). The summed E-state index contributed by atoms with van der Waals surface area (Å²) in [6.07, 6.45) is 0.290. The molecule has 0 aliphatic heterocycles. The number of carbonyl (C=O) groups is 1. The van der Waals surface area contributed by atoms with Gasteiger partial charge in [0.15, 0.2) is 17.3 Å². The van der Waals surface area contributed by atoms with Gasteiger partial charge < -0.3 is 19.7 Å². The maximum atomic E-state index is 13.5. The Labute approximate surface area is 190 Å². The zero-order valence-corrected chi connectivity index (χ0v) is 19.0. The van der Waals surface area contributed by atoms with E-state index >= 15 is 0 Å². The van der Waals surface area contributed by atoms with Gasteiger partial charge in [-0.3, -0.25) is 4.79 Å². The molecule has 6 nitrogen and oxygen atoms in total. The van der Waals surface area contributed by atoms with Crippen LogP contribution >= 0.6 is 11.3 Å². The van der Waals surface area contributed by atoms with Crippen LogP contribution in [0.15, 0.2) is 41.8 Å². The van der Waals surface area contributed by atoms with Crippen LogP contribution in [-0.4, -0.2) is 41.3 Å². The minimum absolute atomic E-state index is 0.107. The molecule has 0 spiro atoms. The van der Waals surface area contributed by atoms with Gasteiger partial charge in [-0.1, -0.05) is 0 Å². The highest BCUT2D eigenvalue weighted by atomic mass is 32.1. The van der Waals surface area contributed by atoms with E-state index in [2.05, 4.69) is 4.98 Å². The zero-order valence-electron chi connectivity index (χ0n) is 18.2. The molecule has 0 saturated heterocycles. The van der Waals surface area contributed by atoms with Crippen LogP contribution in [0.1, 0.15) is 41.4 Å². The number of carbonyl (C=O) groups excluding carboxylic acids is 1. The zero-order chi connectivity index (χ0) is 23.3. The van der Waals surface area contributed by atoms with Crippen LogP contribution in [0.25, 0.3) is 10.6 Å². The lowest BCUT2D eigenvalue weighted by atomic mass is 9.93. The molecule has 1 atom stereocenters. The number of benzene rings is 2. The third kappa shape index (κ3) is 5.51. The molecule has 0 saturated carbocycles. The van der Waals surface area contributed by atoms with Gasteiger partial charge in [-0.2, -0.15) is 0 Å². The van der Waals surface area contributed by atoms with E-state index in [1.54, 1.807) is 49.6 Å². The Kier molecular flexibility index (Phi) is 7.60. The molecule has 2 aromatic carbocycles. The van der Waals surface area contributed by atoms with Gasteiger partial charge in [0.25, 0.3) is 0 Å². The summed E-state index contributed by atoms with van der Waals surface area (Å²) in [5.74, 6) is 0.411. The van der Waals surface area contributed by atoms with Crippen molar-refractivity contribution < 1.29 is 28.9 Å². The summed E-state index contributed by atoms with van der Waals surface area (Å²) in [6.45, 7) is 3.31. The number of ether oxygens (including phenoxy) is 2. The highest BCUT2D eigenvalue weighted by Crippen LogP contribution is 2.33. The van der Waals surface area contributed by atoms with Crippen molar-refractivity contribution in [2.24, 2.45) is 0 Å². The fraction of sp³-hybridized carbons (Fsp3) is 0.333. The van der Waals surface area contributed by atoms with E-state index in [0.717, 1.165) is 5.56 Å². The number of aryl methyl sites for hydroxylation is 1. The molecule has 3 aromatic rings. The van der Waals surface area contributed by atoms with Gasteiger partial charge >= 0.3 is 0 Å². The predicted molar refractivity (Wildman–Crippen MR) is 121 cm³/mol. The number of methoxy groups -OCH3 is 1. The second-order valence-electron chi connectivity index (χ2n) is 7.64. The number of ketones is 1. The van der Waals surface area contributed by atoms with Crippen molar-refractivity contribution in [1.82, 2.24) is 4.98 Å². The molecule has 1 unspecified atom stereocenters. The standard InChI is InChI=1S/C24H26FNO5S/c1-15-12-17(4-6-18(15)25)23-26-22(14-32-23)24(2,29)9-8-19(28)16-5-7-20(31-11-10-27)21(13-16)30-3/h4-7,12-14,27,29H,8-11H2,1-3H3. The fourth-order valence-electron chi connectivity index (χ4n) is 3.18. The maximum absolute atomic E-state index is 13.5. The molecule has 1 heterocycles. The van der Waals surface area contributed by atoms with Gasteiger partial charge in [-0.05, 0) is 62.2 Å². The lowest BCUT2D eigenvalue weighted by Gasteiger charge is -2.20. The topological polar surface area (TPSA) is 88.9 Å². The number of hydrogen-bond acceptors (Lipinski definition) is 7. The van der Waals surface area contributed by atoms with Crippen molar-refractivity contribution in [3.63, 3.8) is 0 Å². The molecule has 2 N–H and O–H groups in total. The molecule has 0 bridgehead atoms. The van der Waals surface area contributed by atoms with Crippen molar-refractivity contribution in [3.05, 3.63) is 64.4 Å². The molecule has 0 aliphatic rings. The number of Topliss-reactive ketones (excluding diaryl/α,β-unsaturated/α-hetero) is 1. The third-order valence-electron chi connectivity index (χ3n) is 5.13. The van der Waals surface area contributed by atoms with Crippen LogP contribution in [0.2, 0.25) is 0 Å². The summed E-state index contributed by atoms with van der Waals surface area (Å²) >= 11 is 1.36. The molecule has 0 fully saturated rings. The second kappa shape index (κ2) is 10.2.